The minimum atomic E-state index is -1.38. The van der Waals surface area contributed by atoms with Crippen molar-refractivity contribution in [2.45, 2.75) is 19.4 Å². The number of likely N-dealkylation sites (N-methyl/N-ethyl adjacent to an activating group) is 1. The maximum atomic E-state index is 12.5. The van der Waals surface area contributed by atoms with Crippen molar-refractivity contribution in [3.63, 3.8) is 0 Å². The molecule has 0 fully saturated rings. The Kier molecular flexibility index (Phi) is 8.80. The molecule has 1 N–H and O–H groups in total. The quantitative estimate of drug-likeness (QED) is 0.102. The summed E-state index contributed by atoms with van der Waals surface area (Å²) in [6, 6.07) is 12.9. The topological polar surface area (TPSA) is 124 Å². The van der Waals surface area contributed by atoms with E-state index in [-0.39, 0.29) is 23.9 Å². The number of benzene rings is 2. The average molecular weight is 466 g/mol. The van der Waals surface area contributed by atoms with Gasteiger partial charge in [-0.2, -0.15) is 0 Å². The van der Waals surface area contributed by atoms with Gasteiger partial charge in [-0.1, -0.05) is 11.6 Å². The molecule has 0 spiro atoms. The number of hydrogen-bond acceptors (Lipinski definition) is 8. The van der Waals surface area contributed by atoms with Gasteiger partial charge in [0, 0.05) is 16.1 Å². The van der Waals surface area contributed by atoms with Crippen LogP contribution in [0.4, 0.5) is 0 Å². The first-order valence-corrected chi connectivity index (χ1v) is 9.90. The minimum Gasteiger partial charge on any atom is -0.569 e. The number of aliphatic hydroxyl groups is 1. The van der Waals surface area contributed by atoms with E-state index in [0.717, 1.165) is 5.01 Å². The lowest BCUT2D eigenvalue weighted by Crippen LogP contribution is -2.40. The van der Waals surface area contributed by atoms with Gasteiger partial charge in [0.25, 0.3) is 6.79 Å². The van der Waals surface area contributed by atoms with E-state index in [2.05, 4.69) is 10.1 Å². The minimum absolute atomic E-state index is 0.0567. The number of ether oxygens (including phenoxy) is 2. The van der Waals surface area contributed by atoms with Crippen LogP contribution in [0, 0.1) is 5.21 Å². The number of rotatable bonds is 11. The molecule has 0 aliphatic heterocycles. The molecule has 0 saturated heterocycles. The van der Waals surface area contributed by atoms with Crippen molar-refractivity contribution < 1.29 is 34.0 Å². The Morgan fingerprint density at radius 3 is 2.25 bits per heavy atom. The lowest BCUT2D eigenvalue weighted by atomic mass is 10.0. The van der Waals surface area contributed by atoms with E-state index < -0.39 is 18.4 Å². The summed E-state index contributed by atoms with van der Waals surface area (Å²) in [6.07, 6.45) is 0. The summed E-state index contributed by atoms with van der Waals surface area (Å²) in [5.41, 5.74) is -0.435. The maximum absolute atomic E-state index is 12.5. The molecule has 172 valence electrons. The lowest BCUT2D eigenvalue weighted by Gasteiger charge is -2.23. The predicted octanol–water partition coefficient (Wildman–Crippen LogP) is 2.96. The van der Waals surface area contributed by atoms with Crippen molar-refractivity contribution in [2.24, 2.45) is 5.28 Å². The number of carbonyl (C=O) groups is 2. The summed E-state index contributed by atoms with van der Waals surface area (Å²) in [4.78, 5) is 29.5. The molecule has 0 aromatic heterocycles. The van der Waals surface area contributed by atoms with Crippen molar-refractivity contribution in [3.8, 4) is 5.75 Å². The van der Waals surface area contributed by atoms with Crippen molar-refractivity contribution in [2.75, 3.05) is 27.0 Å². The Labute approximate surface area is 190 Å². The van der Waals surface area contributed by atoms with Crippen molar-refractivity contribution in [1.82, 2.24) is 5.01 Å². The molecular weight excluding hydrogens is 442 g/mol. The second-order valence-corrected chi connectivity index (χ2v) is 7.53. The number of carbonyl (C=O) groups excluding carboxylic acids is 2. The number of ketones is 1. The van der Waals surface area contributed by atoms with Crippen LogP contribution < -0.4 is 4.74 Å². The smallest absolute Gasteiger partial charge is 0.352 e. The van der Waals surface area contributed by atoms with E-state index in [0.29, 0.717) is 21.9 Å². The summed E-state index contributed by atoms with van der Waals surface area (Å²) < 4.78 is 10.6. The SMILES string of the molecule is CN(CCO)[N+]([O-])=NOCOC(=O)C(C)(C)Oc1ccc(C(=O)c2ccc(Cl)cc2)cc1. The predicted molar refractivity (Wildman–Crippen MR) is 114 cm³/mol. The number of halogens is 1. The van der Waals surface area contributed by atoms with E-state index in [1.165, 1.54) is 20.9 Å². The van der Waals surface area contributed by atoms with Gasteiger partial charge in [0.15, 0.2) is 11.4 Å². The van der Waals surface area contributed by atoms with E-state index in [1.807, 2.05) is 0 Å². The fourth-order valence-corrected chi connectivity index (χ4v) is 2.52. The molecule has 0 bridgehead atoms. The number of hydrazine groups is 1. The first-order valence-electron chi connectivity index (χ1n) is 9.52. The highest BCUT2D eigenvalue weighted by Crippen LogP contribution is 2.22. The van der Waals surface area contributed by atoms with Crippen molar-refractivity contribution >= 4 is 23.4 Å². The number of hydrogen-bond donors (Lipinski definition) is 1. The van der Waals surface area contributed by atoms with Crippen LogP contribution in [-0.4, -0.2) is 59.4 Å². The monoisotopic (exact) mass is 465 g/mol. The Morgan fingerprint density at radius 1 is 1.12 bits per heavy atom. The van der Waals surface area contributed by atoms with Gasteiger partial charge in [-0.15, -0.1) is 5.01 Å². The zero-order chi connectivity index (χ0) is 23.7. The molecule has 2 aromatic rings. The van der Waals surface area contributed by atoms with Crippen LogP contribution >= 0.6 is 11.6 Å². The van der Waals surface area contributed by atoms with Gasteiger partial charge in [-0.3, -0.25) is 4.79 Å². The third-order valence-corrected chi connectivity index (χ3v) is 4.43. The fourth-order valence-electron chi connectivity index (χ4n) is 2.40. The molecular formula is C21H24ClN3O7. The van der Waals surface area contributed by atoms with Crippen LogP contribution in [0.5, 0.6) is 5.75 Å². The Bertz CT molecular complexity index is 947. The highest BCUT2D eigenvalue weighted by Gasteiger charge is 2.32. The van der Waals surface area contributed by atoms with Gasteiger partial charge in [-0.25, -0.2) is 4.79 Å². The van der Waals surface area contributed by atoms with Gasteiger partial charge >= 0.3 is 5.97 Å². The molecule has 2 aromatic carbocycles. The van der Waals surface area contributed by atoms with Crippen molar-refractivity contribution in [1.29, 1.82) is 0 Å². The van der Waals surface area contributed by atoms with Crippen LogP contribution in [0.25, 0.3) is 0 Å². The molecule has 0 amide bonds. The third kappa shape index (κ3) is 7.10. The Balaban J connectivity index is 1.90. The normalized spacial score (nSPS) is 11.6. The number of nitrogens with zero attached hydrogens (tertiary/aromatic N) is 3. The van der Waals surface area contributed by atoms with Gasteiger partial charge in [0.05, 0.1) is 25.2 Å². The van der Waals surface area contributed by atoms with Gasteiger partial charge in [0.2, 0.25) is 5.28 Å². The van der Waals surface area contributed by atoms with E-state index in [1.54, 1.807) is 48.5 Å². The maximum Gasteiger partial charge on any atom is 0.352 e. The van der Waals surface area contributed by atoms with Gasteiger partial charge in [-0.05, 0) is 62.4 Å². The Morgan fingerprint density at radius 2 is 1.69 bits per heavy atom. The summed E-state index contributed by atoms with van der Waals surface area (Å²) in [7, 11) is 1.40. The largest absolute Gasteiger partial charge is 0.569 e. The first kappa shape index (κ1) is 24.9. The summed E-state index contributed by atoms with van der Waals surface area (Å²) in [5, 5.41) is 25.0. The summed E-state index contributed by atoms with van der Waals surface area (Å²) in [5.74, 6) is -0.582. The highest BCUT2D eigenvalue weighted by molar-refractivity contribution is 6.30. The van der Waals surface area contributed by atoms with Crippen LogP contribution in [0.1, 0.15) is 29.8 Å². The van der Waals surface area contributed by atoms with Crippen LogP contribution in [0.3, 0.4) is 0 Å². The zero-order valence-electron chi connectivity index (χ0n) is 17.9. The molecule has 0 unspecified atom stereocenters. The molecule has 10 nitrogen and oxygen atoms in total. The second kappa shape index (κ2) is 11.3. The van der Waals surface area contributed by atoms with E-state index in [9.17, 15) is 14.8 Å². The van der Waals surface area contributed by atoms with E-state index >= 15 is 0 Å². The Hall–Kier alpha value is -3.37. The van der Waals surface area contributed by atoms with Gasteiger partial charge in [0.1, 0.15) is 5.75 Å². The molecule has 0 aliphatic rings. The molecule has 32 heavy (non-hydrogen) atoms. The molecule has 11 heteroatoms. The third-order valence-electron chi connectivity index (χ3n) is 4.17. The van der Waals surface area contributed by atoms with E-state index in [4.69, 9.17) is 26.2 Å². The molecule has 0 saturated carbocycles. The van der Waals surface area contributed by atoms with Gasteiger partial charge < -0.3 is 24.6 Å². The van der Waals surface area contributed by atoms with Crippen LogP contribution in [0.15, 0.2) is 53.8 Å². The van der Waals surface area contributed by atoms with Crippen LogP contribution in [0.2, 0.25) is 5.02 Å². The number of aliphatic hydroxyl groups excluding tert-OH is 1. The number of esters is 1. The molecule has 0 aliphatic carbocycles. The molecule has 0 radical (unpaired) electrons. The van der Waals surface area contributed by atoms with Crippen LogP contribution in [-0.2, 0) is 14.4 Å². The van der Waals surface area contributed by atoms with Crippen molar-refractivity contribution in [3.05, 3.63) is 69.9 Å². The molecule has 0 atom stereocenters. The second-order valence-electron chi connectivity index (χ2n) is 7.09. The first-order chi connectivity index (χ1) is 15.1. The molecule has 2 rings (SSSR count). The zero-order valence-corrected chi connectivity index (χ0v) is 18.6. The summed E-state index contributed by atoms with van der Waals surface area (Å²) >= 11 is 5.84. The lowest BCUT2D eigenvalue weighted by molar-refractivity contribution is -0.706. The molecule has 0 heterocycles. The average Bonchev–Trinajstić information content (AvgIpc) is 2.76. The standard InChI is InChI=1S/C21H24ClN3O7/c1-21(2,20(28)30-14-31-23-25(29)24(3)12-13-26)32-18-10-6-16(7-11-18)19(27)15-4-8-17(22)9-5-15/h4-11,26H,12-14H2,1-3H3. The highest BCUT2D eigenvalue weighted by atomic mass is 35.5. The summed E-state index contributed by atoms with van der Waals surface area (Å²) in [6.45, 7) is 2.21. The fraction of sp³-hybridized carbons (Fsp3) is 0.333.